The van der Waals surface area contributed by atoms with Crippen molar-refractivity contribution in [2.24, 2.45) is 5.41 Å². The van der Waals surface area contributed by atoms with E-state index < -0.39 is 0 Å². The van der Waals surface area contributed by atoms with Gasteiger partial charge in [-0.1, -0.05) is 19.8 Å². The molecule has 1 amide bonds. The van der Waals surface area contributed by atoms with Crippen LogP contribution in [-0.4, -0.2) is 23.9 Å². The van der Waals surface area contributed by atoms with Crippen molar-refractivity contribution < 1.29 is 4.79 Å². The molecule has 13 heavy (non-hydrogen) atoms. The van der Waals surface area contributed by atoms with Crippen molar-refractivity contribution in [2.45, 2.75) is 52.5 Å². The summed E-state index contributed by atoms with van der Waals surface area (Å²) in [6.45, 7) is 6.24. The second kappa shape index (κ2) is 3.69. The second-order valence-corrected chi connectivity index (χ2v) is 4.78. The topological polar surface area (TPSA) is 20.3 Å². The van der Waals surface area contributed by atoms with Gasteiger partial charge in [0.2, 0.25) is 5.91 Å². The zero-order valence-electron chi connectivity index (χ0n) is 9.26. The Kier molecular flexibility index (Phi) is 2.99. The molecule has 1 saturated carbocycles. The van der Waals surface area contributed by atoms with Crippen molar-refractivity contribution >= 4 is 5.91 Å². The number of carbonyl (C=O) groups is 1. The van der Waals surface area contributed by atoms with Gasteiger partial charge in [0.05, 0.1) is 0 Å². The molecule has 0 atom stereocenters. The second-order valence-electron chi connectivity index (χ2n) is 4.78. The summed E-state index contributed by atoms with van der Waals surface area (Å²) in [4.78, 5) is 13.9. The highest BCUT2D eigenvalue weighted by Crippen LogP contribution is 2.39. The van der Waals surface area contributed by atoms with E-state index in [-0.39, 0.29) is 5.41 Å². The van der Waals surface area contributed by atoms with Crippen LogP contribution in [0.25, 0.3) is 0 Å². The first-order valence-electron chi connectivity index (χ1n) is 5.24. The Bertz CT molecular complexity index is 192. The molecule has 0 heterocycles. The monoisotopic (exact) mass is 183 g/mol. The number of hydrogen-bond donors (Lipinski definition) is 0. The fourth-order valence-corrected chi connectivity index (χ4v) is 2.03. The van der Waals surface area contributed by atoms with Crippen LogP contribution in [0.15, 0.2) is 0 Å². The van der Waals surface area contributed by atoms with Crippen LogP contribution in [0.3, 0.4) is 0 Å². The minimum absolute atomic E-state index is 0.0565. The lowest BCUT2D eigenvalue weighted by Gasteiger charge is -2.31. The maximum Gasteiger partial charge on any atom is 0.228 e. The molecule has 1 aliphatic carbocycles. The lowest BCUT2D eigenvalue weighted by atomic mass is 9.87. The predicted octanol–water partition coefficient (Wildman–Crippen LogP) is 2.43. The number of carbonyl (C=O) groups excluding carboxylic acids is 1. The molecule has 0 radical (unpaired) electrons. The molecule has 1 fully saturated rings. The van der Waals surface area contributed by atoms with E-state index in [1.807, 2.05) is 11.9 Å². The van der Waals surface area contributed by atoms with Gasteiger partial charge in [-0.25, -0.2) is 0 Å². The predicted molar refractivity (Wildman–Crippen MR) is 54.5 cm³/mol. The number of amides is 1. The van der Waals surface area contributed by atoms with Crippen LogP contribution >= 0.6 is 0 Å². The standard InChI is InChI=1S/C11H21NO/c1-9(2)12(4)10(13)11(3)7-5-6-8-11/h9H,5-8H2,1-4H3. The highest BCUT2D eigenvalue weighted by molar-refractivity contribution is 5.82. The van der Waals surface area contributed by atoms with E-state index in [9.17, 15) is 4.79 Å². The third-order valence-electron chi connectivity index (χ3n) is 3.32. The summed E-state index contributed by atoms with van der Waals surface area (Å²) >= 11 is 0. The first-order valence-corrected chi connectivity index (χ1v) is 5.24. The lowest BCUT2D eigenvalue weighted by Crippen LogP contribution is -2.42. The summed E-state index contributed by atoms with van der Waals surface area (Å²) in [5.41, 5.74) is -0.0565. The van der Waals surface area contributed by atoms with Crippen molar-refractivity contribution in [1.29, 1.82) is 0 Å². The van der Waals surface area contributed by atoms with Gasteiger partial charge in [-0.05, 0) is 26.7 Å². The number of rotatable bonds is 2. The highest BCUT2D eigenvalue weighted by Gasteiger charge is 2.38. The van der Waals surface area contributed by atoms with E-state index in [4.69, 9.17) is 0 Å². The van der Waals surface area contributed by atoms with Crippen molar-refractivity contribution in [3.8, 4) is 0 Å². The van der Waals surface area contributed by atoms with Crippen LogP contribution in [-0.2, 0) is 4.79 Å². The molecule has 0 bridgehead atoms. The molecular weight excluding hydrogens is 162 g/mol. The molecule has 76 valence electrons. The quantitative estimate of drug-likeness (QED) is 0.644. The molecule has 2 heteroatoms. The fourth-order valence-electron chi connectivity index (χ4n) is 2.03. The maximum atomic E-state index is 12.0. The minimum atomic E-state index is -0.0565. The number of hydrogen-bond acceptors (Lipinski definition) is 1. The summed E-state index contributed by atoms with van der Waals surface area (Å²) < 4.78 is 0. The first kappa shape index (κ1) is 10.6. The zero-order chi connectivity index (χ0) is 10.1. The smallest absolute Gasteiger partial charge is 0.228 e. The van der Waals surface area contributed by atoms with Crippen molar-refractivity contribution in [1.82, 2.24) is 4.90 Å². The molecule has 0 N–H and O–H groups in total. The van der Waals surface area contributed by atoms with Gasteiger partial charge in [-0.15, -0.1) is 0 Å². The summed E-state index contributed by atoms with van der Waals surface area (Å²) in [7, 11) is 1.91. The van der Waals surface area contributed by atoms with E-state index in [1.165, 1.54) is 12.8 Å². The van der Waals surface area contributed by atoms with Crippen LogP contribution in [0.5, 0.6) is 0 Å². The Morgan fingerprint density at radius 1 is 1.31 bits per heavy atom. The van der Waals surface area contributed by atoms with E-state index in [0.29, 0.717) is 11.9 Å². The van der Waals surface area contributed by atoms with Gasteiger partial charge in [0.25, 0.3) is 0 Å². The van der Waals surface area contributed by atoms with Crippen molar-refractivity contribution in [3.05, 3.63) is 0 Å². The average Bonchev–Trinajstić information content (AvgIpc) is 2.50. The Labute approximate surface area is 81.3 Å². The fraction of sp³-hybridized carbons (Fsp3) is 0.909. The molecule has 0 unspecified atom stereocenters. The summed E-state index contributed by atoms with van der Waals surface area (Å²) in [5, 5.41) is 0. The summed E-state index contributed by atoms with van der Waals surface area (Å²) in [6.07, 6.45) is 4.58. The SMILES string of the molecule is CC(C)N(C)C(=O)C1(C)CCCC1. The van der Waals surface area contributed by atoms with Gasteiger partial charge in [-0.2, -0.15) is 0 Å². The van der Waals surface area contributed by atoms with E-state index in [1.54, 1.807) is 0 Å². The van der Waals surface area contributed by atoms with E-state index in [2.05, 4.69) is 20.8 Å². The molecule has 1 aliphatic rings. The molecule has 1 rings (SSSR count). The molecule has 0 aromatic heterocycles. The molecule has 0 spiro atoms. The van der Waals surface area contributed by atoms with Gasteiger partial charge < -0.3 is 4.90 Å². The molecule has 0 aliphatic heterocycles. The van der Waals surface area contributed by atoms with Crippen LogP contribution in [0.2, 0.25) is 0 Å². The summed E-state index contributed by atoms with van der Waals surface area (Å²) in [5.74, 6) is 0.333. The van der Waals surface area contributed by atoms with Crippen molar-refractivity contribution in [3.63, 3.8) is 0 Å². The Morgan fingerprint density at radius 3 is 2.15 bits per heavy atom. The van der Waals surface area contributed by atoms with Crippen LogP contribution in [0.4, 0.5) is 0 Å². The first-order chi connectivity index (χ1) is 5.97. The van der Waals surface area contributed by atoms with Crippen LogP contribution in [0.1, 0.15) is 46.5 Å². The van der Waals surface area contributed by atoms with Crippen molar-refractivity contribution in [2.75, 3.05) is 7.05 Å². The Morgan fingerprint density at radius 2 is 1.77 bits per heavy atom. The molecular formula is C11H21NO. The third-order valence-corrected chi connectivity index (χ3v) is 3.32. The van der Waals surface area contributed by atoms with Gasteiger partial charge in [0.1, 0.15) is 0 Å². The summed E-state index contributed by atoms with van der Waals surface area (Å²) in [6, 6.07) is 0.324. The normalized spacial score (nSPS) is 20.7. The highest BCUT2D eigenvalue weighted by atomic mass is 16.2. The molecule has 0 saturated heterocycles. The average molecular weight is 183 g/mol. The minimum Gasteiger partial charge on any atom is -0.343 e. The molecule has 0 aromatic carbocycles. The van der Waals surface area contributed by atoms with E-state index >= 15 is 0 Å². The van der Waals surface area contributed by atoms with Crippen LogP contribution < -0.4 is 0 Å². The maximum absolute atomic E-state index is 12.0. The van der Waals surface area contributed by atoms with Crippen LogP contribution in [0, 0.1) is 5.41 Å². The largest absolute Gasteiger partial charge is 0.343 e. The molecule has 2 nitrogen and oxygen atoms in total. The Hall–Kier alpha value is -0.530. The lowest BCUT2D eigenvalue weighted by molar-refractivity contribution is -0.141. The zero-order valence-corrected chi connectivity index (χ0v) is 9.26. The van der Waals surface area contributed by atoms with Gasteiger partial charge >= 0.3 is 0 Å². The van der Waals surface area contributed by atoms with Gasteiger partial charge in [0.15, 0.2) is 0 Å². The van der Waals surface area contributed by atoms with Gasteiger partial charge in [-0.3, -0.25) is 4.79 Å². The number of nitrogens with zero attached hydrogens (tertiary/aromatic N) is 1. The van der Waals surface area contributed by atoms with Gasteiger partial charge in [0, 0.05) is 18.5 Å². The molecule has 0 aromatic rings. The third kappa shape index (κ3) is 2.04. The van der Waals surface area contributed by atoms with E-state index in [0.717, 1.165) is 12.8 Å². The Balaban J connectivity index is 2.65.